The number of piperidine rings is 1. The average molecular weight is 183 g/mol. The Morgan fingerprint density at radius 3 is 2.77 bits per heavy atom. The normalized spacial score (nSPS) is 25.4. The Hall–Kier alpha value is -0.0400. The quantitative estimate of drug-likeness (QED) is 0.647. The van der Waals surface area contributed by atoms with Crippen molar-refractivity contribution in [2.24, 2.45) is 11.8 Å². The summed E-state index contributed by atoms with van der Waals surface area (Å²) in [5, 5.41) is 0. The summed E-state index contributed by atoms with van der Waals surface area (Å²) in [5.41, 5.74) is 0. The van der Waals surface area contributed by atoms with Crippen LogP contribution in [0.25, 0.3) is 0 Å². The second-order valence-electron chi connectivity index (χ2n) is 4.95. The zero-order chi connectivity index (χ0) is 9.68. The molecule has 1 rings (SSSR count). The van der Waals surface area contributed by atoms with Gasteiger partial charge in [0.1, 0.15) is 0 Å². The molecular formula is C12H25N. The fourth-order valence-corrected chi connectivity index (χ4v) is 2.48. The summed E-state index contributed by atoms with van der Waals surface area (Å²) < 4.78 is 0. The molecule has 13 heavy (non-hydrogen) atoms. The van der Waals surface area contributed by atoms with E-state index in [-0.39, 0.29) is 0 Å². The van der Waals surface area contributed by atoms with Crippen molar-refractivity contribution in [2.75, 3.05) is 19.6 Å². The number of hydrogen-bond donors (Lipinski definition) is 0. The first-order valence-corrected chi connectivity index (χ1v) is 5.94. The van der Waals surface area contributed by atoms with Crippen LogP contribution in [0.3, 0.4) is 0 Å². The van der Waals surface area contributed by atoms with Gasteiger partial charge in [-0.3, -0.25) is 0 Å². The van der Waals surface area contributed by atoms with Crippen molar-refractivity contribution < 1.29 is 0 Å². The molecule has 1 nitrogen and oxygen atoms in total. The van der Waals surface area contributed by atoms with E-state index in [1.807, 2.05) is 0 Å². The SMILES string of the molecule is CCCC1CCCN(CC(C)C)C1. The van der Waals surface area contributed by atoms with Gasteiger partial charge in [-0.2, -0.15) is 0 Å². The van der Waals surface area contributed by atoms with Gasteiger partial charge in [-0.05, 0) is 37.6 Å². The van der Waals surface area contributed by atoms with Crippen LogP contribution >= 0.6 is 0 Å². The number of rotatable bonds is 4. The van der Waals surface area contributed by atoms with Gasteiger partial charge in [0.15, 0.2) is 0 Å². The summed E-state index contributed by atoms with van der Waals surface area (Å²) in [7, 11) is 0. The number of nitrogens with zero attached hydrogens (tertiary/aromatic N) is 1. The van der Waals surface area contributed by atoms with Crippen LogP contribution < -0.4 is 0 Å². The second kappa shape index (κ2) is 5.64. The number of hydrogen-bond acceptors (Lipinski definition) is 1. The molecule has 1 atom stereocenters. The standard InChI is InChI=1S/C12H25N/c1-4-6-12-7-5-8-13(10-12)9-11(2)3/h11-12H,4-10H2,1-3H3. The fourth-order valence-electron chi connectivity index (χ4n) is 2.48. The van der Waals surface area contributed by atoms with Crippen LogP contribution in [0.1, 0.15) is 46.5 Å². The Balaban J connectivity index is 2.24. The molecular weight excluding hydrogens is 158 g/mol. The molecule has 1 aliphatic heterocycles. The molecule has 1 aliphatic rings. The average Bonchev–Trinajstić information content (AvgIpc) is 2.04. The molecule has 1 fully saturated rings. The molecule has 0 aromatic heterocycles. The van der Waals surface area contributed by atoms with E-state index >= 15 is 0 Å². The summed E-state index contributed by atoms with van der Waals surface area (Å²) >= 11 is 0. The maximum atomic E-state index is 2.66. The monoisotopic (exact) mass is 183 g/mol. The van der Waals surface area contributed by atoms with E-state index in [0.29, 0.717) is 0 Å². The van der Waals surface area contributed by atoms with Crippen LogP contribution in [0.5, 0.6) is 0 Å². The molecule has 1 heteroatoms. The lowest BCUT2D eigenvalue weighted by atomic mass is 9.93. The summed E-state index contributed by atoms with van der Waals surface area (Å²) in [6.45, 7) is 11.0. The van der Waals surface area contributed by atoms with Crippen molar-refractivity contribution in [1.82, 2.24) is 4.90 Å². The topological polar surface area (TPSA) is 3.24 Å². The van der Waals surface area contributed by atoms with Crippen molar-refractivity contribution in [3.8, 4) is 0 Å². The molecule has 0 radical (unpaired) electrons. The molecule has 0 spiro atoms. The Kier molecular flexibility index (Phi) is 4.79. The largest absolute Gasteiger partial charge is 0.303 e. The first-order valence-electron chi connectivity index (χ1n) is 5.94. The third-order valence-electron chi connectivity index (χ3n) is 2.92. The predicted octanol–water partition coefficient (Wildman–Crippen LogP) is 3.15. The van der Waals surface area contributed by atoms with Gasteiger partial charge in [-0.25, -0.2) is 0 Å². The Bertz CT molecular complexity index is 129. The van der Waals surface area contributed by atoms with E-state index in [0.717, 1.165) is 11.8 Å². The minimum atomic E-state index is 0.834. The highest BCUT2D eigenvalue weighted by Gasteiger charge is 2.19. The van der Waals surface area contributed by atoms with Gasteiger partial charge in [0.25, 0.3) is 0 Å². The van der Waals surface area contributed by atoms with Crippen LogP contribution in [0.2, 0.25) is 0 Å². The van der Waals surface area contributed by atoms with E-state index in [9.17, 15) is 0 Å². The van der Waals surface area contributed by atoms with Crippen molar-refractivity contribution >= 4 is 0 Å². The lowest BCUT2D eigenvalue weighted by Crippen LogP contribution is -2.37. The molecule has 0 aliphatic carbocycles. The summed E-state index contributed by atoms with van der Waals surface area (Å²) in [6, 6.07) is 0. The van der Waals surface area contributed by atoms with Gasteiger partial charge in [0.2, 0.25) is 0 Å². The summed E-state index contributed by atoms with van der Waals surface area (Å²) in [5.74, 6) is 1.83. The van der Waals surface area contributed by atoms with Gasteiger partial charge in [0, 0.05) is 13.1 Å². The van der Waals surface area contributed by atoms with Crippen molar-refractivity contribution in [2.45, 2.75) is 46.5 Å². The first-order chi connectivity index (χ1) is 6.22. The van der Waals surface area contributed by atoms with Crippen LogP contribution in [0, 0.1) is 11.8 Å². The van der Waals surface area contributed by atoms with Crippen LogP contribution in [0.4, 0.5) is 0 Å². The summed E-state index contributed by atoms with van der Waals surface area (Å²) in [6.07, 6.45) is 5.70. The van der Waals surface area contributed by atoms with Gasteiger partial charge in [-0.1, -0.05) is 27.2 Å². The van der Waals surface area contributed by atoms with E-state index in [2.05, 4.69) is 25.7 Å². The maximum Gasteiger partial charge on any atom is 0.000977 e. The molecule has 78 valence electrons. The lowest BCUT2D eigenvalue weighted by Gasteiger charge is -2.33. The molecule has 1 unspecified atom stereocenters. The van der Waals surface area contributed by atoms with Crippen LogP contribution in [0.15, 0.2) is 0 Å². The third kappa shape index (κ3) is 4.12. The van der Waals surface area contributed by atoms with E-state index < -0.39 is 0 Å². The maximum absolute atomic E-state index is 2.66. The zero-order valence-electron chi connectivity index (χ0n) is 9.55. The van der Waals surface area contributed by atoms with Crippen molar-refractivity contribution in [1.29, 1.82) is 0 Å². The Labute approximate surface area is 83.5 Å². The highest BCUT2D eigenvalue weighted by Crippen LogP contribution is 2.21. The predicted molar refractivity (Wildman–Crippen MR) is 58.9 cm³/mol. The molecule has 0 bridgehead atoms. The Morgan fingerprint density at radius 2 is 2.15 bits per heavy atom. The minimum Gasteiger partial charge on any atom is -0.303 e. The molecule has 0 aromatic carbocycles. The highest BCUT2D eigenvalue weighted by molar-refractivity contribution is 4.73. The van der Waals surface area contributed by atoms with Crippen molar-refractivity contribution in [3.05, 3.63) is 0 Å². The molecule has 1 saturated heterocycles. The van der Waals surface area contributed by atoms with Gasteiger partial charge in [-0.15, -0.1) is 0 Å². The van der Waals surface area contributed by atoms with E-state index in [4.69, 9.17) is 0 Å². The Morgan fingerprint density at radius 1 is 1.38 bits per heavy atom. The fraction of sp³-hybridized carbons (Fsp3) is 1.00. The van der Waals surface area contributed by atoms with Gasteiger partial charge >= 0.3 is 0 Å². The van der Waals surface area contributed by atoms with Crippen molar-refractivity contribution in [3.63, 3.8) is 0 Å². The van der Waals surface area contributed by atoms with E-state index in [1.54, 1.807) is 0 Å². The first kappa shape index (κ1) is 11.0. The highest BCUT2D eigenvalue weighted by atomic mass is 15.1. The molecule has 0 saturated carbocycles. The number of likely N-dealkylation sites (tertiary alicyclic amines) is 1. The smallest absolute Gasteiger partial charge is 0.000977 e. The summed E-state index contributed by atoms with van der Waals surface area (Å²) in [4.78, 5) is 2.66. The third-order valence-corrected chi connectivity index (χ3v) is 2.92. The second-order valence-corrected chi connectivity index (χ2v) is 4.95. The van der Waals surface area contributed by atoms with E-state index in [1.165, 1.54) is 45.3 Å². The lowest BCUT2D eigenvalue weighted by molar-refractivity contribution is 0.153. The molecule has 0 amide bonds. The van der Waals surface area contributed by atoms with Crippen LogP contribution in [-0.4, -0.2) is 24.5 Å². The minimum absolute atomic E-state index is 0.834. The zero-order valence-corrected chi connectivity index (χ0v) is 9.55. The molecule has 0 N–H and O–H groups in total. The van der Waals surface area contributed by atoms with Gasteiger partial charge < -0.3 is 4.90 Å². The molecule has 0 aromatic rings. The molecule has 1 heterocycles. The van der Waals surface area contributed by atoms with Crippen LogP contribution in [-0.2, 0) is 0 Å². The van der Waals surface area contributed by atoms with Gasteiger partial charge in [0.05, 0.1) is 0 Å².